The fraction of sp³-hybridized carbons (Fsp3) is 0.739. The van der Waals surface area contributed by atoms with Crippen molar-refractivity contribution in [2.45, 2.75) is 82.7 Å². The number of rotatable bonds is 5. The minimum absolute atomic E-state index is 0.0993. The molecule has 2 heterocycles. The standard InChI is InChI=1S/C23H33BrFNO3/c1-22(2,3)29-15-6-7-18-17-12-19(27-4)21(28-14-23(25)9-5-10-23)20(24)16(17)8-11-26(18)13-15/h12,15,18H,5-11,13-14H2,1-4H3. The van der Waals surface area contributed by atoms with Gasteiger partial charge in [0, 0.05) is 19.1 Å². The normalized spacial score (nSPS) is 26.3. The van der Waals surface area contributed by atoms with Crippen molar-refractivity contribution in [3.05, 3.63) is 21.7 Å². The first-order valence-electron chi connectivity index (χ1n) is 10.8. The first-order chi connectivity index (χ1) is 13.7. The van der Waals surface area contributed by atoms with Crippen LogP contribution in [0.15, 0.2) is 10.5 Å². The predicted molar refractivity (Wildman–Crippen MR) is 116 cm³/mol. The second-order valence-electron chi connectivity index (χ2n) is 9.77. The van der Waals surface area contributed by atoms with E-state index >= 15 is 0 Å². The van der Waals surface area contributed by atoms with Gasteiger partial charge >= 0.3 is 0 Å². The van der Waals surface area contributed by atoms with E-state index in [2.05, 4.69) is 47.7 Å². The largest absolute Gasteiger partial charge is 0.493 e. The topological polar surface area (TPSA) is 30.9 Å². The van der Waals surface area contributed by atoms with Gasteiger partial charge in [0.25, 0.3) is 0 Å². The quantitative estimate of drug-likeness (QED) is 0.560. The Hall–Kier alpha value is -0.850. The van der Waals surface area contributed by atoms with Crippen LogP contribution in [-0.4, -0.2) is 49.1 Å². The van der Waals surface area contributed by atoms with Crippen LogP contribution in [0.3, 0.4) is 0 Å². The molecule has 0 N–H and O–H groups in total. The number of nitrogens with zero attached hydrogens (tertiary/aromatic N) is 1. The molecule has 1 aliphatic carbocycles. The molecule has 0 radical (unpaired) electrons. The lowest BCUT2D eigenvalue weighted by Crippen LogP contribution is -2.47. The molecule has 0 bridgehead atoms. The molecular formula is C23H33BrFNO3. The van der Waals surface area contributed by atoms with Crippen LogP contribution in [-0.2, 0) is 11.2 Å². The summed E-state index contributed by atoms with van der Waals surface area (Å²) in [4.78, 5) is 2.54. The van der Waals surface area contributed by atoms with Crippen molar-refractivity contribution in [1.29, 1.82) is 0 Å². The lowest BCUT2D eigenvalue weighted by molar-refractivity contribution is -0.0972. The van der Waals surface area contributed by atoms with Gasteiger partial charge in [-0.15, -0.1) is 0 Å². The number of piperidine rings is 1. The van der Waals surface area contributed by atoms with E-state index in [4.69, 9.17) is 14.2 Å². The minimum atomic E-state index is -1.18. The molecule has 29 heavy (non-hydrogen) atoms. The van der Waals surface area contributed by atoms with Crippen LogP contribution in [0.4, 0.5) is 4.39 Å². The number of methoxy groups -OCH3 is 1. The van der Waals surface area contributed by atoms with Gasteiger partial charge in [-0.2, -0.15) is 0 Å². The van der Waals surface area contributed by atoms with E-state index in [-0.39, 0.29) is 18.3 Å². The number of benzene rings is 1. The summed E-state index contributed by atoms with van der Waals surface area (Å²) in [7, 11) is 1.66. The van der Waals surface area contributed by atoms with Crippen molar-refractivity contribution in [1.82, 2.24) is 4.90 Å². The highest BCUT2D eigenvalue weighted by molar-refractivity contribution is 9.10. The van der Waals surface area contributed by atoms with Crippen molar-refractivity contribution in [3.8, 4) is 11.5 Å². The summed E-state index contributed by atoms with van der Waals surface area (Å²) in [6, 6.07) is 2.49. The van der Waals surface area contributed by atoms with Gasteiger partial charge in [0.1, 0.15) is 12.3 Å². The second-order valence-corrected chi connectivity index (χ2v) is 10.6. The number of hydrogen-bond acceptors (Lipinski definition) is 4. The van der Waals surface area contributed by atoms with Crippen molar-refractivity contribution >= 4 is 15.9 Å². The molecule has 1 saturated carbocycles. The summed E-state index contributed by atoms with van der Waals surface area (Å²) in [6.07, 6.45) is 5.47. The maximum absolute atomic E-state index is 14.5. The van der Waals surface area contributed by atoms with Crippen molar-refractivity contribution in [2.75, 3.05) is 26.8 Å². The van der Waals surface area contributed by atoms with Crippen LogP contribution in [0.2, 0.25) is 0 Å². The van der Waals surface area contributed by atoms with Crippen LogP contribution < -0.4 is 9.47 Å². The lowest BCUT2D eigenvalue weighted by Gasteiger charge is -2.45. The molecule has 3 aliphatic rings. The molecule has 4 nitrogen and oxygen atoms in total. The van der Waals surface area contributed by atoms with Crippen LogP contribution in [0, 0.1) is 0 Å². The number of halogens is 2. The third-order valence-electron chi connectivity index (χ3n) is 6.44. The Kier molecular flexibility index (Phi) is 5.91. The van der Waals surface area contributed by atoms with E-state index in [0.717, 1.165) is 43.2 Å². The first-order valence-corrected chi connectivity index (χ1v) is 11.6. The third kappa shape index (κ3) is 4.45. The summed E-state index contributed by atoms with van der Waals surface area (Å²) in [5.74, 6) is 1.34. The van der Waals surface area contributed by atoms with Gasteiger partial charge in [0.15, 0.2) is 11.5 Å². The highest BCUT2D eigenvalue weighted by Gasteiger charge is 2.40. The molecule has 2 unspecified atom stereocenters. The Morgan fingerprint density at radius 2 is 2.03 bits per heavy atom. The number of fused-ring (bicyclic) bond motifs is 3. The Morgan fingerprint density at radius 3 is 2.66 bits per heavy atom. The van der Waals surface area contributed by atoms with Crippen LogP contribution in [0.25, 0.3) is 0 Å². The number of hydrogen-bond donors (Lipinski definition) is 0. The Bertz CT molecular complexity index is 759. The molecule has 2 atom stereocenters. The average molecular weight is 470 g/mol. The molecule has 2 fully saturated rings. The van der Waals surface area contributed by atoms with Crippen LogP contribution >= 0.6 is 15.9 Å². The van der Waals surface area contributed by atoms with Crippen molar-refractivity contribution < 1.29 is 18.6 Å². The van der Waals surface area contributed by atoms with Gasteiger partial charge in [-0.3, -0.25) is 4.90 Å². The average Bonchev–Trinajstić information content (AvgIpc) is 2.63. The van der Waals surface area contributed by atoms with E-state index in [9.17, 15) is 4.39 Å². The molecule has 4 rings (SSSR count). The van der Waals surface area contributed by atoms with Crippen LogP contribution in [0.1, 0.15) is 70.0 Å². The highest BCUT2D eigenvalue weighted by Crippen LogP contribution is 2.48. The van der Waals surface area contributed by atoms with Gasteiger partial charge in [0.05, 0.1) is 23.3 Å². The molecule has 2 aliphatic heterocycles. The fourth-order valence-electron chi connectivity index (χ4n) is 4.87. The van der Waals surface area contributed by atoms with E-state index < -0.39 is 5.67 Å². The SMILES string of the molecule is COc1cc2c(c(Br)c1OCC1(F)CCC1)CCN1CC(OC(C)(C)C)CCC21. The zero-order valence-corrected chi connectivity index (χ0v) is 19.6. The number of alkyl halides is 1. The van der Waals surface area contributed by atoms with Gasteiger partial charge in [-0.05, 0) is 92.4 Å². The van der Waals surface area contributed by atoms with E-state index in [1.54, 1.807) is 7.11 Å². The Labute approximate surface area is 182 Å². The maximum atomic E-state index is 14.5. The molecule has 1 saturated heterocycles. The molecule has 0 spiro atoms. The van der Waals surface area contributed by atoms with E-state index in [0.29, 0.717) is 30.4 Å². The zero-order valence-electron chi connectivity index (χ0n) is 18.0. The monoisotopic (exact) mass is 469 g/mol. The maximum Gasteiger partial charge on any atom is 0.175 e. The molecule has 162 valence electrons. The van der Waals surface area contributed by atoms with Gasteiger partial charge in [-0.25, -0.2) is 4.39 Å². The summed E-state index contributed by atoms with van der Waals surface area (Å²) in [6.45, 7) is 8.43. The third-order valence-corrected chi connectivity index (χ3v) is 7.28. The second kappa shape index (κ2) is 8.01. The first kappa shape index (κ1) is 21.4. The fourth-order valence-corrected chi connectivity index (χ4v) is 5.60. The molecule has 0 amide bonds. The van der Waals surface area contributed by atoms with Gasteiger partial charge < -0.3 is 14.2 Å². The van der Waals surface area contributed by atoms with Crippen LogP contribution in [0.5, 0.6) is 11.5 Å². The smallest absolute Gasteiger partial charge is 0.175 e. The van der Waals surface area contributed by atoms with E-state index in [1.165, 1.54) is 11.1 Å². The molecule has 6 heteroatoms. The molecule has 0 aromatic heterocycles. The summed E-state index contributed by atoms with van der Waals surface area (Å²) in [5.41, 5.74) is 1.29. The highest BCUT2D eigenvalue weighted by atomic mass is 79.9. The Morgan fingerprint density at radius 1 is 1.28 bits per heavy atom. The van der Waals surface area contributed by atoms with Gasteiger partial charge in [-0.1, -0.05) is 0 Å². The molecule has 1 aromatic carbocycles. The summed E-state index contributed by atoms with van der Waals surface area (Å²) < 4.78 is 33.3. The zero-order chi connectivity index (χ0) is 20.8. The molecular weight excluding hydrogens is 437 g/mol. The lowest BCUT2D eigenvalue weighted by atomic mass is 9.83. The van der Waals surface area contributed by atoms with E-state index in [1.807, 2.05) is 0 Å². The minimum Gasteiger partial charge on any atom is -0.493 e. The van der Waals surface area contributed by atoms with Crippen molar-refractivity contribution in [3.63, 3.8) is 0 Å². The number of ether oxygens (including phenoxy) is 3. The van der Waals surface area contributed by atoms with Gasteiger partial charge in [0.2, 0.25) is 0 Å². The predicted octanol–water partition coefficient (Wildman–Crippen LogP) is 5.61. The Balaban J connectivity index is 1.55. The van der Waals surface area contributed by atoms with Crippen molar-refractivity contribution in [2.24, 2.45) is 0 Å². The summed E-state index contributed by atoms with van der Waals surface area (Å²) in [5, 5.41) is 0. The molecule has 1 aromatic rings. The summed E-state index contributed by atoms with van der Waals surface area (Å²) >= 11 is 3.76.